The van der Waals surface area contributed by atoms with Crippen LogP contribution >= 0.6 is 11.6 Å². The molecule has 0 amide bonds. The molecule has 0 aliphatic carbocycles. The molecule has 21 heavy (non-hydrogen) atoms. The molecule has 4 N–H and O–H groups in total. The van der Waals surface area contributed by atoms with Crippen molar-refractivity contribution in [3.8, 4) is 0 Å². The first-order valence-electron chi connectivity index (χ1n) is 5.71. The van der Waals surface area contributed by atoms with Crippen molar-refractivity contribution in [3.63, 3.8) is 0 Å². The molecule has 0 aromatic heterocycles. The lowest BCUT2D eigenvalue weighted by Gasteiger charge is -2.08. The number of esters is 1. The van der Waals surface area contributed by atoms with Gasteiger partial charge in [-0.2, -0.15) is 0 Å². The Morgan fingerprint density at radius 1 is 1.48 bits per heavy atom. The Bertz CT molecular complexity index is 609. The lowest BCUT2D eigenvalue weighted by Crippen LogP contribution is -2.26. The van der Waals surface area contributed by atoms with Crippen molar-refractivity contribution >= 4 is 29.2 Å². The minimum Gasteiger partial charge on any atom is -0.454 e. The number of nitrogens with two attached hydrogens (primary N) is 2. The van der Waals surface area contributed by atoms with Crippen LogP contribution in [0.15, 0.2) is 35.0 Å². The minimum atomic E-state index is -0.943. The fraction of sp³-hybridized carbons (Fsp3) is 0.154. The molecule has 0 bridgehead atoms. The Morgan fingerprint density at radius 2 is 2.14 bits per heavy atom. The lowest BCUT2D eigenvalue weighted by atomic mass is 10.1. The van der Waals surface area contributed by atoms with Gasteiger partial charge >= 0.3 is 5.97 Å². The third-order valence-electron chi connectivity index (χ3n) is 2.48. The predicted octanol–water partition coefficient (Wildman–Crippen LogP) is 1.03. The Hall–Kier alpha value is -2.41. The van der Waals surface area contributed by atoms with Gasteiger partial charge in [-0.25, -0.2) is 9.18 Å². The number of ketones is 1. The standard InChI is InChI=1S/C13H13ClFN3O3/c1-18-12(17)7(5-16)13(20)21-6-10(19)11-8(14)3-2-4-9(11)15/h2-5H,6,16H2,1H3,(H2,17,18)/b7-5+. The van der Waals surface area contributed by atoms with Crippen molar-refractivity contribution in [2.45, 2.75) is 0 Å². The third kappa shape index (κ3) is 4.03. The van der Waals surface area contributed by atoms with Crippen LogP contribution in [0.3, 0.4) is 0 Å². The summed E-state index contributed by atoms with van der Waals surface area (Å²) in [7, 11) is 1.36. The van der Waals surface area contributed by atoms with Crippen LogP contribution in [0, 0.1) is 5.82 Å². The highest BCUT2D eigenvalue weighted by Gasteiger charge is 2.20. The number of amidine groups is 1. The quantitative estimate of drug-likeness (QED) is 0.277. The van der Waals surface area contributed by atoms with Crippen LogP contribution in [-0.4, -0.2) is 31.2 Å². The Balaban J connectivity index is 2.80. The van der Waals surface area contributed by atoms with E-state index in [1.165, 1.54) is 19.2 Å². The van der Waals surface area contributed by atoms with E-state index in [0.717, 1.165) is 12.3 Å². The van der Waals surface area contributed by atoms with Gasteiger partial charge in [-0.05, 0) is 12.1 Å². The summed E-state index contributed by atoms with van der Waals surface area (Å²) in [4.78, 5) is 27.1. The number of hydrogen-bond acceptors (Lipinski definition) is 5. The molecular weight excluding hydrogens is 301 g/mol. The van der Waals surface area contributed by atoms with Crippen molar-refractivity contribution in [1.82, 2.24) is 0 Å². The molecule has 8 heteroatoms. The van der Waals surface area contributed by atoms with Crippen LogP contribution in [0.1, 0.15) is 10.4 Å². The predicted molar refractivity (Wildman–Crippen MR) is 76.5 cm³/mol. The van der Waals surface area contributed by atoms with Gasteiger partial charge in [-0.3, -0.25) is 9.79 Å². The van der Waals surface area contributed by atoms with Gasteiger partial charge in [0.25, 0.3) is 0 Å². The number of hydrogen-bond donors (Lipinski definition) is 2. The van der Waals surface area contributed by atoms with Gasteiger partial charge in [-0.15, -0.1) is 0 Å². The van der Waals surface area contributed by atoms with E-state index < -0.39 is 24.2 Å². The number of rotatable bonds is 5. The van der Waals surface area contributed by atoms with Gasteiger partial charge in [0.15, 0.2) is 6.61 Å². The van der Waals surface area contributed by atoms with Crippen molar-refractivity contribution < 1.29 is 18.7 Å². The number of ether oxygens (including phenoxy) is 1. The van der Waals surface area contributed by atoms with E-state index in [1.54, 1.807) is 0 Å². The van der Waals surface area contributed by atoms with Crippen molar-refractivity contribution in [3.05, 3.63) is 46.4 Å². The molecule has 1 aromatic rings. The summed E-state index contributed by atoms with van der Waals surface area (Å²) >= 11 is 5.73. The number of carbonyl (C=O) groups excluding carboxylic acids is 2. The summed E-state index contributed by atoms with van der Waals surface area (Å²) in [6.07, 6.45) is 0.908. The van der Waals surface area contributed by atoms with E-state index in [1.807, 2.05) is 0 Å². The maximum Gasteiger partial charge on any atom is 0.343 e. The molecule has 0 atom stereocenters. The van der Waals surface area contributed by atoms with Crippen LogP contribution in [0.2, 0.25) is 5.02 Å². The smallest absolute Gasteiger partial charge is 0.343 e. The van der Waals surface area contributed by atoms with E-state index in [2.05, 4.69) is 4.99 Å². The third-order valence-corrected chi connectivity index (χ3v) is 2.79. The normalized spacial score (nSPS) is 12.1. The Kier molecular flexibility index (Phi) is 5.86. The molecule has 0 saturated carbocycles. The van der Waals surface area contributed by atoms with Crippen molar-refractivity contribution in [2.24, 2.45) is 16.5 Å². The highest BCUT2D eigenvalue weighted by Crippen LogP contribution is 2.19. The van der Waals surface area contributed by atoms with Gasteiger partial charge in [0, 0.05) is 13.2 Å². The fourth-order valence-electron chi connectivity index (χ4n) is 1.42. The summed E-state index contributed by atoms with van der Waals surface area (Å²) in [6, 6.07) is 3.79. The largest absolute Gasteiger partial charge is 0.454 e. The molecule has 0 heterocycles. The summed E-state index contributed by atoms with van der Waals surface area (Å²) in [5, 5.41) is -0.0692. The number of Topliss-reactive ketones (excluding diaryl/α,β-unsaturated/α-hetero) is 1. The molecular formula is C13H13ClFN3O3. The SMILES string of the molecule is CN=C(N)/C(=C\N)C(=O)OCC(=O)c1c(F)cccc1Cl. The molecule has 1 aromatic carbocycles. The maximum absolute atomic E-state index is 13.5. The van der Waals surface area contributed by atoms with Crippen LogP contribution in [0.25, 0.3) is 0 Å². The van der Waals surface area contributed by atoms with Crippen LogP contribution in [0.4, 0.5) is 4.39 Å². The molecule has 1 rings (SSSR count). The van der Waals surface area contributed by atoms with Crippen LogP contribution in [-0.2, 0) is 9.53 Å². The number of carbonyl (C=O) groups is 2. The zero-order chi connectivity index (χ0) is 16.0. The second-order valence-electron chi connectivity index (χ2n) is 3.79. The van der Waals surface area contributed by atoms with Crippen LogP contribution in [0.5, 0.6) is 0 Å². The van der Waals surface area contributed by atoms with E-state index >= 15 is 0 Å². The molecule has 112 valence electrons. The van der Waals surface area contributed by atoms with Crippen molar-refractivity contribution in [1.29, 1.82) is 0 Å². The van der Waals surface area contributed by atoms with Gasteiger partial charge in [-0.1, -0.05) is 17.7 Å². The molecule has 0 aliphatic rings. The van der Waals surface area contributed by atoms with Gasteiger partial charge in [0.2, 0.25) is 5.78 Å². The molecule has 0 radical (unpaired) electrons. The van der Waals surface area contributed by atoms with E-state index in [4.69, 9.17) is 27.8 Å². The second kappa shape index (κ2) is 7.39. The topological polar surface area (TPSA) is 108 Å². The average molecular weight is 314 g/mol. The number of halogens is 2. The van der Waals surface area contributed by atoms with Gasteiger partial charge in [0.05, 0.1) is 10.6 Å². The van der Waals surface area contributed by atoms with Gasteiger partial charge in [0.1, 0.15) is 17.2 Å². The maximum atomic E-state index is 13.5. The average Bonchev–Trinajstić information content (AvgIpc) is 2.45. The van der Waals surface area contributed by atoms with E-state index in [-0.39, 0.29) is 22.0 Å². The molecule has 0 aliphatic heterocycles. The zero-order valence-electron chi connectivity index (χ0n) is 11.1. The fourth-order valence-corrected chi connectivity index (χ4v) is 1.69. The number of benzene rings is 1. The summed E-state index contributed by atoms with van der Waals surface area (Å²) in [6.45, 7) is -0.701. The highest BCUT2D eigenvalue weighted by atomic mass is 35.5. The van der Waals surface area contributed by atoms with Gasteiger partial charge < -0.3 is 16.2 Å². The van der Waals surface area contributed by atoms with E-state index in [0.29, 0.717) is 0 Å². The number of nitrogens with zero attached hydrogens (tertiary/aromatic N) is 1. The van der Waals surface area contributed by atoms with Crippen LogP contribution < -0.4 is 11.5 Å². The zero-order valence-corrected chi connectivity index (χ0v) is 11.9. The molecule has 0 unspecified atom stereocenters. The molecule has 0 spiro atoms. The molecule has 0 fully saturated rings. The summed E-state index contributed by atoms with van der Waals surface area (Å²) < 4.78 is 18.2. The van der Waals surface area contributed by atoms with Crippen molar-refractivity contribution in [2.75, 3.05) is 13.7 Å². The summed E-state index contributed by atoms with van der Waals surface area (Å²) in [5.41, 5.74) is 10.1. The monoisotopic (exact) mass is 313 g/mol. The number of aliphatic imine (C=N–C) groups is 1. The summed E-state index contributed by atoms with van der Waals surface area (Å²) in [5.74, 6) is -2.66. The minimum absolute atomic E-state index is 0.0692. The first-order valence-corrected chi connectivity index (χ1v) is 6.09. The lowest BCUT2D eigenvalue weighted by molar-refractivity contribution is -0.137. The molecule has 6 nitrogen and oxygen atoms in total. The Labute approximate surface area is 125 Å². The molecule has 0 saturated heterocycles. The first-order chi connectivity index (χ1) is 9.92. The first kappa shape index (κ1) is 16.6. The Morgan fingerprint density at radius 3 is 2.67 bits per heavy atom. The highest BCUT2D eigenvalue weighted by molar-refractivity contribution is 6.34. The van der Waals surface area contributed by atoms with E-state index in [9.17, 15) is 14.0 Å². The second-order valence-corrected chi connectivity index (χ2v) is 4.19.